The summed E-state index contributed by atoms with van der Waals surface area (Å²) < 4.78 is 22.5. The maximum atomic E-state index is 13.1. The summed E-state index contributed by atoms with van der Waals surface area (Å²) in [7, 11) is 2.51. The molecule has 1 saturated heterocycles. The number of esters is 2. The molecule has 0 saturated carbocycles. The Kier molecular flexibility index (Phi) is 7.36. The molecule has 3 rings (SSSR count). The molecule has 0 radical (unpaired) electrons. The van der Waals surface area contributed by atoms with Crippen molar-refractivity contribution in [2.45, 2.75) is 19.4 Å². The molecule has 0 bridgehead atoms. The Hall–Kier alpha value is -3.26. The number of ether oxygens (including phenoxy) is 2. The van der Waals surface area contributed by atoms with Gasteiger partial charge in [0, 0.05) is 12.5 Å². The van der Waals surface area contributed by atoms with Crippen molar-refractivity contribution in [1.29, 1.82) is 0 Å². The smallest absolute Gasteiger partial charge is 0.339 e. The fourth-order valence-electron chi connectivity index (χ4n) is 3.62. The Morgan fingerprint density at radius 3 is 2.26 bits per heavy atom. The Morgan fingerprint density at radius 1 is 1.00 bits per heavy atom. The summed E-state index contributed by atoms with van der Waals surface area (Å²) in [4.78, 5) is 39.0. The number of nitrogens with one attached hydrogen (secondary N) is 1. The van der Waals surface area contributed by atoms with Gasteiger partial charge in [0.25, 0.3) is 0 Å². The van der Waals surface area contributed by atoms with Crippen LogP contribution in [-0.4, -0.2) is 50.1 Å². The number of anilines is 1. The van der Waals surface area contributed by atoms with Gasteiger partial charge in [0.15, 0.2) is 0 Å². The van der Waals surface area contributed by atoms with Gasteiger partial charge in [-0.1, -0.05) is 12.1 Å². The van der Waals surface area contributed by atoms with E-state index in [2.05, 4.69) is 10.2 Å². The van der Waals surface area contributed by atoms with Gasteiger partial charge in [0.05, 0.1) is 31.0 Å². The van der Waals surface area contributed by atoms with Crippen LogP contribution in [0.5, 0.6) is 0 Å². The summed E-state index contributed by atoms with van der Waals surface area (Å²) in [5, 5.41) is 2.78. The number of rotatable bonds is 6. The first-order valence-corrected chi connectivity index (χ1v) is 9.99. The van der Waals surface area contributed by atoms with Crippen molar-refractivity contribution in [3.05, 3.63) is 65.0 Å². The predicted molar refractivity (Wildman–Crippen MR) is 112 cm³/mol. The van der Waals surface area contributed by atoms with Crippen LogP contribution in [0.2, 0.25) is 0 Å². The van der Waals surface area contributed by atoms with Crippen LogP contribution in [0.1, 0.15) is 39.1 Å². The average Bonchev–Trinajstić information content (AvgIpc) is 2.80. The first-order valence-electron chi connectivity index (χ1n) is 9.99. The van der Waals surface area contributed by atoms with Gasteiger partial charge in [-0.05, 0) is 61.8 Å². The van der Waals surface area contributed by atoms with Crippen LogP contribution in [0.4, 0.5) is 10.1 Å². The lowest BCUT2D eigenvalue weighted by Gasteiger charge is -2.31. The second-order valence-electron chi connectivity index (χ2n) is 7.41. The quantitative estimate of drug-likeness (QED) is 0.711. The van der Waals surface area contributed by atoms with E-state index in [1.165, 1.54) is 44.6 Å². The molecule has 7 nitrogen and oxygen atoms in total. The molecule has 2 aromatic rings. The van der Waals surface area contributed by atoms with E-state index < -0.39 is 11.9 Å². The monoisotopic (exact) mass is 428 g/mol. The molecule has 0 atom stereocenters. The Morgan fingerprint density at radius 2 is 1.65 bits per heavy atom. The van der Waals surface area contributed by atoms with E-state index in [-0.39, 0.29) is 34.5 Å². The van der Waals surface area contributed by atoms with E-state index in [1.807, 2.05) is 0 Å². The number of nitrogens with zero attached hydrogens (tertiary/aromatic N) is 1. The number of methoxy groups -OCH3 is 2. The topological polar surface area (TPSA) is 84.9 Å². The minimum atomic E-state index is -0.610. The maximum absolute atomic E-state index is 13.1. The van der Waals surface area contributed by atoms with Crippen LogP contribution in [0.15, 0.2) is 42.5 Å². The molecule has 31 heavy (non-hydrogen) atoms. The van der Waals surface area contributed by atoms with Gasteiger partial charge in [0.2, 0.25) is 5.91 Å². The van der Waals surface area contributed by atoms with Crippen LogP contribution < -0.4 is 5.32 Å². The lowest BCUT2D eigenvalue weighted by atomic mass is 9.95. The molecule has 164 valence electrons. The highest BCUT2D eigenvalue weighted by atomic mass is 19.1. The normalized spacial score (nSPS) is 14.7. The van der Waals surface area contributed by atoms with Gasteiger partial charge in [-0.2, -0.15) is 0 Å². The fraction of sp³-hybridized carbons (Fsp3) is 0.348. The Labute approximate surface area is 180 Å². The van der Waals surface area contributed by atoms with Crippen LogP contribution in [0.3, 0.4) is 0 Å². The molecular weight excluding hydrogens is 403 g/mol. The van der Waals surface area contributed by atoms with Crippen molar-refractivity contribution in [2.75, 3.05) is 32.6 Å². The van der Waals surface area contributed by atoms with Crippen LogP contribution in [-0.2, 0) is 20.8 Å². The summed E-state index contributed by atoms with van der Waals surface area (Å²) in [6.45, 7) is 2.14. The number of hydrogen-bond acceptors (Lipinski definition) is 6. The fourth-order valence-corrected chi connectivity index (χ4v) is 3.62. The zero-order chi connectivity index (χ0) is 22.4. The zero-order valence-electron chi connectivity index (χ0n) is 17.5. The largest absolute Gasteiger partial charge is 0.465 e. The molecule has 1 amide bonds. The van der Waals surface area contributed by atoms with Crippen LogP contribution in [0, 0.1) is 11.7 Å². The SMILES string of the molecule is COC(=O)c1ccc(C(=O)OC)c(NC(=O)C2CCN(Cc3ccc(F)cc3)CC2)c1. The lowest BCUT2D eigenvalue weighted by Crippen LogP contribution is -2.38. The first-order chi connectivity index (χ1) is 14.9. The third kappa shape index (κ3) is 5.67. The molecule has 1 N–H and O–H groups in total. The number of piperidine rings is 1. The molecular formula is C23H25FN2O5. The van der Waals surface area contributed by atoms with E-state index in [9.17, 15) is 18.8 Å². The van der Waals surface area contributed by atoms with Gasteiger partial charge >= 0.3 is 11.9 Å². The van der Waals surface area contributed by atoms with E-state index in [0.29, 0.717) is 19.4 Å². The molecule has 0 aliphatic carbocycles. The summed E-state index contributed by atoms with van der Waals surface area (Å²) in [6.07, 6.45) is 1.30. The summed E-state index contributed by atoms with van der Waals surface area (Å²) in [5.74, 6) is -1.88. The summed E-state index contributed by atoms with van der Waals surface area (Å²) in [6, 6.07) is 10.7. The van der Waals surface area contributed by atoms with Crippen LogP contribution >= 0.6 is 0 Å². The molecule has 2 aromatic carbocycles. The molecule has 8 heteroatoms. The molecule has 0 spiro atoms. The van der Waals surface area contributed by atoms with E-state index in [1.54, 1.807) is 12.1 Å². The second kappa shape index (κ2) is 10.2. The molecule has 1 fully saturated rings. The minimum absolute atomic E-state index is 0.164. The summed E-state index contributed by atoms with van der Waals surface area (Å²) in [5.41, 5.74) is 1.62. The minimum Gasteiger partial charge on any atom is -0.465 e. The molecule has 1 heterocycles. The van der Waals surface area contributed by atoms with Crippen LogP contribution in [0.25, 0.3) is 0 Å². The van der Waals surface area contributed by atoms with E-state index in [4.69, 9.17) is 9.47 Å². The van der Waals surface area contributed by atoms with Crippen molar-refractivity contribution in [3.8, 4) is 0 Å². The highest BCUT2D eigenvalue weighted by Gasteiger charge is 2.26. The van der Waals surface area contributed by atoms with Gasteiger partial charge in [-0.25, -0.2) is 14.0 Å². The maximum Gasteiger partial charge on any atom is 0.339 e. The second-order valence-corrected chi connectivity index (χ2v) is 7.41. The Bertz CT molecular complexity index is 953. The number of hydrogen-bond donors (Lipinski definition) is 1. The van der Waals surface area contributed by atoms with Gasteiger partial charge in [-0.3, -0.25) is 9.69 Å². The van der Waals surface area contributed by atoms with Gasteiger partial charge < -0.3 is 14.8 Å². The zero-order valence-corrected chi connectivity index (χ0v) is 17.5. The van der Waals surface area contributed by atoms with Gasteiger partial charge in [0.1, 0.15) is 5.82 Å². The molecule has 1 aliphatic rings. The van der Waals surface area contributed by atoms with E-state index in [0.717, 1.165) is 18.7 Å². The number of benzene rings is 2. The molecule has 0 unspecified atom stereocenters. The van der Waals surface area contributed by atoms with Crippen molar-refractivity contribution < 1.29 is 28.2 Å². The van der Waals surface area contributed by atoms with Crippen molar-refractivity contribution >= 4 is 23.5 Å². The predicted octanol–water partition coefficient (Wildman–Crippen LogP) is 3.25. The third-order valence-electron chi connectivity index (χ3n) is 5.38. The number of likely N-dealkylation sites (tertiary alicyclic amines) is 1. The Balaban J connectivity index is 1.64. The first kappa shape index (κ1) is 22.4. The number of halogens is 1. The number of carbonyl (C=O) groups excluding carboxylic acids is 3. The molecule has 0 aromatic heterocycles. The molecule has 1 aliphatic heterocycles. The highest BCUT2D eigenvalue weighted by molar-refractivity contribution is 6.04. The highest BCUT2D eigenvalue weighted by Crippen LogP contribution is 2.24. The third-order valence-corrected chi connectivity index (χ3v) is 5.38. The standard InChI is InChI=1S/C23H25FN2O5/c1-30-22(28)17-5-8-19(23(29)31-2)20(13-17)25-21(27)16-9-11-26(12-10-16)14-15-3-6-18(24)7-4-15/h3-8,13,16H,9-12,14H2,1-2H3,(H,25,27). The van der Waals surface area contributed by atoms with Gasteiger partial charge in [-0.15, -0.1) is 0 Å². The average molecular weight is 428 g/mol. The number of carbonyl (C=O) groups is 3. The van der Waals surface area contributed by atoms with Crippen molar-refractivity contribution in [2.24, 2.45) is 5.92 Å². The van der Waals surface area contributed by atoms with E-state index >= 15 is 0 Å². The van der Waals surface area contributed by atoms with Crippen molar-refractivity contribution in [3.63, 3.8) is 0 Å². The summed E-state index contributed by atoms with van der Waals surface area (Å²) >= 11 is 0. The number of amides is 1. The van der Waals surface area contributed by atoms with Crippen molar-refractivity contribution in [1.82, 2.24) is 4.90 Å². The lowest BCUT2D eigenvalue weighted by molar-refractivity contribution is -0.121.